The van der Waals surface area contributed by atoms with E-state index in [1.165, 1.54) is 44.2 Å². The molecule has 5 rings (SSSR count). The zero-order valence-corrected chi connectivity index (χ0v) is 17.1. The van der Waals surface area contributed by atoms with E-state index in [0.29, 0.717) is 31.7 Å². The lowest BCUT2D eigenvalue weighted by Crippen LogP contribution is -2.47. The van der Waals surface area contributed by atoms with Gasteiger partial charge in [-0.2, -0.15) is 5.10 Å². The molecule has 1 amide bonds. The van der Waals surface area contributed by atoms with Crippen LogP contribution >= 0.6 is 0 Å². The molecule has 1 aromatic carbocycles. The van der Waals surface area contributed by atoms with Gasteiger partial charge >= 0.3 is 0 Å². The van der Waals surface area contributed by atoms with Gasteiger partial charge in [-0.15, -0.1) is 0 Å². The quantitative estimate of drug-likeness (QED) is 0.799. The molecule has 2 aromatic rings. The number of nitrogens with zero attached hydrogens (tertiary/aromatic N) is 2. The number of carbonyl (C=O) groups is 1. The Morgan fingerprint density at radius 3 is 2.52 bits per heavy atom. The van der Waals surface area contributed by atoms with Gasteiger partial charge < -0.3 is 10.1 Å². The minimum atomic E-state index is -0.493. The molecule has 2 aliphatic carbocycles. The first-order chi connectivity index (χ1) is 14.3. The molecule has 3 fully saturated rings. The maximum atomic E-state index is 13.4. The van der Waals surface area contributed by atoms with Crippen LogP contribution < -0.4 is 5.32 Å². The molecule has 0 spiro atoms. The van der Waals surface area contributed by atoms with Crippen molar-refractivity contribution in [2.75, 3.05) is 13.2 Å². The van der Waals surface area contributed by atoms with Gasteiger partial charge in [0, 0.05) is 24.8 Å². The first-order valence-electron chi connectivity index (χ1n) is 11.3. The Balaban J connectivity index is 1.33. The van der Waals surface area contributed by atoms with Crippen LogP contribution in [0.15, 0.2) is 36.4 Å². The van der Waals surface area contributed by atoms with Crippen LogP contribution in [0.4, 0.5) is 0 Å². The van der Waals surface area contributed by atoms with E-state index in [1.807, 2.05) is 18.2 Å². The van der Waals surface area contributed by atoms with E-state index in [1.54, 1.807) is 0 Å². The van der Waals surface area contributed by atoms with Gasteiger partial charge in [-0.05, 0) is 50.2 Å². The lowest BCUT2D eigenvalue weighted by molar-refractivity contribution is -0.130. The molecule has 1 saturated heterocycles. The molecule has 2 saturated carbocycles. The normalized spacial score (nSPS) is 21.9. The van der Waals surface area contributed by atoms with Crippen molar-refractivity contribution in [3.63, 3.8) is 0 Å². The van der Waals surface area contributed by atoms with Crippen LogP contribution in [-0.4, -0.2) is 28.9 Å². The van der Waals surface area contributed by atoms with Gasteiger partial charge in [0.05, 0.1) is 23.7 Å². The number of nitrogens with one attached hydrogen (secondary N) is 1. The van der Waals surface area contributed by atoms with Crippen molar-refractivity contribution in [1.29, 1.82) is 0 Å². The summed E-state index contributed by atoms with van der Waals surface area (Å²) in [7, 11) is 0. The van der Waals surface area contributed by atoms with Crippen LogP contribution in [0.5, 0.6) is 0 Å². The van der Waals surface area contributed by atoms with Gasteiger partial charge in [-0.25, -0.2) is 0 Å². The van der Waals surface area contributed by atoms with Crippen molar-refractivity contribution in [2.45, 2.75) is 75.3 Å². The number of benzene rings is 1. The summed E-state index contributed by atoms with van der Waals surface area (Å²) in [6, 6.07) is 13.0. The zero-order valence-electron chi connectivity index (χ0n) is 17.1. The van der Waals surface area contributed by atoms with Crippen molar-refractivity contribution in [3.8, 4) is 0 Å². The van der Waals surface area contributed by atoms with E-state index in [2.05, 4.69) is 28.2 Å². The molecule has 5 heteroatoms. The second-order valence-electron chi connectivity index (χ2n) is 8.96. The Kier molecular flexibility index (Phi) is 5.17. The summed E-state index contributed by atoms with van der Waals surface area (Å²) in [5.41, 5.74) is 3.00. The fourth-order valence-corrected chi connectivity index (χ4v) is 5.14. The molecule has 1 aromatic heterocycles. The number of hydrogen-bond donors (Lipinski definition) is 1. The second-order valence-corrected chi connectivity index (χ2v) is 8.96. The van der Waals surface area contributed by atoms with E-state index in [0.717, 1.165) is 24.1 Å². The monoisotopic (exact) mass is 393 g/mol. The molecule has 1 aliphatic heterocycles. The summed E-state index contributed by atoms with van der Waals surface area (Å²) in [5.74, 6) is 0.786. The van der Waals surface area contributed by atoms with Gasteiger partial charge in [0.1, 0.15) is 0 Å². The van der Waals surface area contributed by atoms with Crippen LogP contribution in [0, 0.1) is 0 Å². The fourth-order valence-electron chi connectivity index (χ4n) is 5.14. The second kappa shape index (κ2) is 7.94. The van der Waals surface area contributed by atoms with Gasteiger partial charge in [0.25, 0.3) is 0 Å². The third kappa shape index (κ3) is 3.73. The van der Waals surface area contributed by atoms with E-state index >= 15 is 0 Å². The van der Waals surface area contributed by atoms with Crippen molar-refractivity contribution < 1.29 is 9.53 Å². The van der Waals surface area contributed by atoms with Crippen LogP contribution in [0.25, 0.3) is 0 Å². The summed E-state index contributed by atoms with van der Waals surface area (Å²) in [4.78, 5) is 13.4. The summed E-state index contributed by atoms with van der Waals surface area (Å²) >= 11 is 0. The topological polar surface area (TPSA) is 56.2 Å². The Bertz CT molecular complexity index is 844. The molecule has 0 bridgehead atoms. The maximum Gasteiger partial charge on any atom is 0.231 e. The van der Waals surface area contributed by atoms with Crippen molar-refractivity contribution in [2.24, 2.45) is 0 Å². The molecule has 2 heterocycles. The average molecular weight is 394 g/mol. The van der Waals surface area contributed by atoms with Crippen LogP contribution in [-0.2, 0) is 21.5 Å². The van der Waals surface area contributed by atoms with Crippen LogP contribution in [0.1, 0.15) is 80.3 Å². The minimum Gasteiger partial charge on any atom is -0.381 e. The molecule has 5 nitrogen and oxygen atoms in total. The smallest absolute Gasteiger partial charge is 0.231 e. The summed E-state index contributed by atoms with van der Waals surface area (Å²) in [6.45, 7) is 1.77. The predicted molar refractivity (Wildman–Crippen MR) is 112 cm³/mol. The summed E-state index contributed by atoms with van der Waals surface area (Å²) in [6.07, 6.45) is 9.11. The van der Waals surface area contributed by atoms with Crippen molar-refractivity contribution in [3.05, 3.63) is 53.3 Å². The van der Waals surface area contributed by atoms with E-state index < -0.39 is 5.41 Å². The largest absolute Gasteiger partial charge is 0.381 e. The number of amides is 1. The molecule has 154 valence electrons. The Morgan fingerprint density at radius 2 is 1.83 bits per heavy atom. The maximum absolute atomic E-state index is 13.4. The molecule has 0 unspecified atom stereocenters. The molecule has 1 N–H and O–H groups in total. The van der Waals surface area contributed by atoms with E-state index in [-0.39, 0.29) is 5.91 Å². The van der Waals surface area contributed by atoms with Crippen LogP contribution in [0.3, 0.4) is 0 Å². The predicted octanol–water partition coefficient (Wildman–Crippen LogP) is 4.24. The van der Waals surface area contributed by atoms with Crippen molar-refractivity contribution >= 4 is 5.91 Å². The van der Waals surface area contributed by atoms with E-state index in [9.17, 15) is 4.79 Å². The Morgan fingerprint density at radius 1 is 1.10 bits per heavy atom. The number of rotatable bonds is 6. The number of hydrogen-bond acceptors (Lipinski definition) is 3. The lowest BCUT2D eigenvalue weighted by atomic mass is 9.73. The Labute approximate surface area is 172 Å². The fraction of sp³-hybridized carbons (Fsp3) is 0.583. The average Bonchev–Trinajstić information content (AvgIpc) is 3.30. The molecule has 29 heavy (non-hydrogen) atoms. The number of aromatic nitrogens is 2. The van der Waals surface area contributed by atoms with Gasteiger partial charge in [-0.3, -0.25) is 9.48 Å². The van der Waals surface area contributed by atoms with Gasteiger partial charge in [-0.1, -0.05) is 43.2 Å². The highest BCUT2D eigenvalue weighted by Crippen LogP contribution is 2.43. The van der Waals surface area contributed by atoms with Gasteiger partial charge in [0.2, 0.25) is 5.91 Å². The molecule has 0 radical (unpaired) electrons. The summed E-state index contributed by atoms with van der Waals surface area (Å²) < 4.78 is 7.87. The molecule has 0 atom stereocenters. The summed E-state index contributed by atoms with van der Waals surface area (Å²) in [5, 5.41) is 8.17. The molecular formula is C24H31N3O2. The van der Waals surface area contributed by atoms with Gasteiger partial charge in [0.15, 0.2) is 0 Å². The standard InChI is InChI=1S/C24H31N3O2/c28-23(24(12-14-29-15-13-24)19-6-2-1-3-7-19)25-17-20-16-22(18-10-11-18)27(26-20)21-8-4-5-9-21/h1-3,6-7,16,18,21H,4-5,8-15,17H2,(H,25,28). The highest BCUT2D eigenvalue weighted by atomic mass is 16.5. The third-order valence-electron chi connectivity index (χ3n) is 7.02. The highest BCUT2D eigenvalue weighted by molar-refractivity contribution is 5.88. The molecular weight excluding hydrogens is 362 g/mol. The highest BCUT2D eigenvalue weighted by Gasteiger charge is 2.41. The zero-order chi connectivity index (χ0) is 19.7. The van der Waals surface area contributed by atoms with Crippen LogP contribution in [0.2, 0.25) is 0 Å². The SMILES string of the molecule is O=C(NCc1cc(C2CC2)n(C2CCCC2)n1)C1(c2ccccc2)CCOCC1. The third-order valence-corrected chi connectivity index (χ3v) is 7.02. The van der Waals surface area contributed by atoms with Crippen molar-refractivity contribution in [1.82, 2.24) is 15.1 Å². The first kappa shape index (κ1) is 18.9. The number of ether oxygens (including phenoxy) is 1. The Hall–Kier alpha value is -2.14. The number of carbonyl (C=O) groups excluding carboxylic acids is 1. The lowest BCUT2D eigenvalue weighted by Gasteiger charge is -2.36. The van der Waals surface area contributed by atoms with E-state index in [4.69, 9.17) is 9.84 Å². The molecule has 3 aliphatic rings. The minimum absolute atomic E-state index is 0.107. The first-order valence-corrected chi connectivity index (χ1v) is 11.3.